The van der Waals surface area contributed by atoms with Gasteiger partial charge in [-0.15, -0.1) is 12.4 Å². The highest BCUT2D eigenvalue weighted by atomic mass is 35.5. The number of hydrogen-bond donors (Lipinski definition) is 1. The van der Waals surface area contributed by atoms with E-state index < -0.39 is 0 Å². The Bertz CT molecular complexity index is 409. The fourth-order valence-corrected chi connectivity index (χ4v) is 2.82. The Balaban J connectivity index is 0.00000108. The van der Waals surface area contributed by atoms with Crippen LogP contribution < -0.4 is 14.8 Å². The number of rotatable bonds is 2. The summed E-state index contributed by atoms with van der Waals surface area (Å²) >= 11 is 0. The Hall–Kier alpha value is -0.930. The molecule has 94 valence electrons. The van der Waals surface area contributed by atoms with Crippen molar-refractivity contribution in [2.75, 3.05) is 20.4 Å². The summed E-state index contributed by atoms with van der Waals surface area (Å²) < 4.78 is 11.0. The molecule has 1 aliphatic carbocycles. The zero-order valence-electron chi connectivity index (χ0n) is 9.99. The van der Waals surface area contributed by atoms with Crippen LogP contribution >= 0.6 is 12.4 Å². The van der Waals surface area contributed by atoms with E-state index in [1.807, 2.05) is 7.05 Å². The van der Waals surface area contributed by atoms with Crippen molar-refractivity contribution < 1.29 is 9.47 Å². The summed E-state index contributed by atoms with van der Waals surface area (Å²) in [5.41, 5.74) is 2.83. The average Bonchev–Trinajstić information content (AvgIpc) is 2.78. The molecule has 0 saturated heterocycles. The molecule has 17 heavy (non-hydrogen) atoms. The largest absolute Gasteiger partial charge is 0.454 e. The van der Waals surface area contributed by atoms with Crippen LogP contribution in [0.15, 0.2) is 12.1 Å². The van der Waals surface area contributed by atoms with Crippen LogP contribution in [0.2, 0.25) is 0 Å². The molecule has 3 nitrogen and oxygen atoms in total. The van der Waals surface area contributed by atoms with Gasteiger partial charge in [-0.1, -0.05) is 6.07 Å². The fraction of sp³-hybridized carbons (Fsp3) is 0.538. The molecule has 1 heterocycles. The topological polar surface area (TPSA) is 30.5 Å². The summed E-state index contributed by atoms with van der Waals surface area (Å²) in [6.07, 6.45) is 3.65. The summed E-state index contributed by atoms with van der Waals surface area (Å²) in [5, 5.41) is 3.27. The summed E-state index contributed by atoms with van der Waals surface area (Å²) in [4.78, 5) is 0. The number of likely N-dealkylation sites (N-methyl/N-ethyl adjacent to an activating group) is 1. The lowest BCUT2D eigenvalue weighted by molar-refractivity contribution is 0.173. The Kier molecular flexibility index (Phi) is 3.79. The first kappa shape index (κ1) is 12.5. The number of hydrogen-bond acceptors (Lipinski definition) is 3. The molecule has 1 aliphatic heterocycles. The maximum Gasteiger partial charge on any atom is 0.231 e. The summed E-state index contributed by atoms with van der Waals surface area (Å²) in [6.45, 7) is 1.43. The van der Waals surface area contributed by atoms with Gasteiger partial charge in [0.05, 0.1) is 0 Å². The zero-order valence-corrected chi connectivity index (χ0v) is 10.8. The molecule has 0 amide bonds. The molecule has 2 aliphatic rings. The van der Waals surface area contributed by atoms with Gasteiger partial charge in [-0.05, 0) is 43.9 Å². The lowest BCUT2D eigenvalue weighted by Gasteiger charge is -2.26. The summed E-state index contributed by atoms with van der Waals surface area (Å²) in [7, 11) is 2.02. The lowest BCUT2D eigenvalue weighted by Crippen LogP contribution is -2.21. The number of benzene rings is 1. The minimum absolute atomic E-state index is 0. The van der Waals surface area contributed by atoms with E-state index in [0.29, 0.717) is 12.7 Å². The molecule has 0 radical (unpaired) electrons. The van der Waals surface area contributed by atoms with Crippen molar-refractivity contribution in [3.8, 4) is 11.5 Å². The normalized spacial score (nSPS) is 20.6. The summed E-state index contributed by atoms with van der Waals surface area (Å²) in [5.74, 6) is 2.55. The third kappa shape index (κ3) is 2.09. The van der Waals surface area contributed by atoms with Crippen LogP contribution in [0.5, 0.6) is 11.5 Å². The van der Waals surface area contributed by atoms with Crippen molar-refractivity contribution in [3.05, 3.63) is 23.3 Å². The molecule has 0 unspecified atom stereocenters. The molecule has 1 atom stereocenters. The predicted octanol–water partition coefficient (Wildman–Crippen LogP) is 2.48. The molecular weight excluding hydrogens is 238 g/mol. The maximum atomic E-state index is 5.58. The second kappa shape index (κ2) is 5.15. The molecule has 0 spiro atoms. The molecule has 3 rings (SSSR count). The third-order valence-corrected chi connectivity index (χ3v) is 3.55. The van der Waals surface area contributed by atoms with Crippen LogP contribution in [-0.2, 0) is 6.42 Å². The van der Waals surface area contributed by atoms with Gasteiger partial charge in [-0.25, -0.2) is 0 Å². The first-order valence-corrected chi connectivity index (χ1v) is 5.96. The molecule has 0 saturated carbocycles. The van der Waals surface area contributed by atoms with Crippen LogP contribution in [0.4, 0.5) is 0 Å². The molecular formula is C13H18ClNO2. The molecule has 4 heteroatoms. The van der Waals surface area contributed by atoms with E-state index in [1.54, 1.807) is 0 Å². The monoisotopic (exact) mass is 255 g/mol. The van der Waals surface area contributed by atoms with Gasteiger partial charge < -0.3 is 14.8 Å². The number of nitrogens with one attached hydrogen (secondary N) is 1. The van der Waals surface area contributed by atoms with Crippen LogP contribution in [0.3, 0.4) is 0 Å². The van der Waals surface area contributed by atoms with Gasteiger partial charge >= 0.3 is 0 Å². The highest BCUT2D eigenvalue weighted by Crippen LogP contribution is 2.43. The number of halogens is 1. The standard InChI is InChI=1S/C13H17NO2.ClH/c1-14-7-9-3-2-4-11-10(9)5-6-12-13(11)16-8-15-12;/h5-6,9,14H,2-4,7-8H2,1H3;1H/t9-;/m0./s1. The molecule has 1 N–H and O–H groups in total. The van der Waals surface area contributed by atoms with E-state index in [2.05, 4.69) is 17.4 Å². The lowest BCUT2D eigenvalue weighted by atomic mass is 9.82. The fourth-order valence-electron chi connectivity index (χ4n) is 2.82. The molecule has 0 aromatic heterocycles. The quantitative estimate of drug-likeness (QED) is 0.881. The SMILES string of the molecule is CNC[C@@H]1CCCc2c1ccc1c2OCO1.Cl. The second-order valence-electron chi connectivity index (χ2n) is 4.51. The highest BCUT2D eigenvalue weighted by molar-refractivity contribution is 5.85. The van der Waals surface area contributed by atoms with Gasteiger partial charge in [0.2, 0.25) is 6.79 Å². The van der Waals surface area contributed by atoms with Crippen molar-refractivity contribution in [3.63, 3.8) is 0 Å². The van der Waals surface area contributed by atoms with Gasteiger partial charge in [0.25, 0.3) is 0 Å². The van der Waals surface area contributed by atoms with Crippen LogP contribution in [0, 0.1) is 0 Å². The molecule has 1 aromatic carbocycles. The first-order valence-electron chi connectivity index (χ1n) is 5.96. The van der Waals surface area contributed by atoms with Gasteiger partial charge in [-0.3, -0.25) is 0 Å². The van der Waals surface area contributed by atoms with Crippen molar-refractivity contribution >= 4 is 12.4 Å². The van der Waals surface area contributed by atoms with E-state index >= 15 is 0 Å². The number of fused-ring (bicyclic) bond motifs is 3. The van der Waals surface area contributed by atoms with Crippen molar-refractivity contribution in [2.24, 2.45) is 0 Å². The Labute approximate surface area is 108 Å². The minimum atomic E-state index is 0. The van der Waals surface area contributed by atoms with Gasteiger partial charge in [0.1, 0.15) is 0 Å². The van der Waals surface area contributed by atoms with Gasteiger partial charge in [0.15, 0.2) is 11.5 Å². The van der Waals surface area contributed by atoms with E-state index in [4.69, 9.17) is 9.47 Å². The van der Waals surface area contributed by atoms with Crippen LogP contribution in [0.1, 0.15) is 29.9 Å². The average molecular weight is 256 g/mol. The van der Waals surface area contributed by atoms with E-state index in [1.165, 1.54) is 24.0 Å². The molecule has 0 fully saturated rings. The van der Waals surface area contributed by atoms with E-state index in [9.17, 15) is 0 Å². The van der Waals surface area contributed by atoms with E-state index in [0.717, 1.165) is 24.5 Å². The van der Waals surface area contributed by atoms with Crippen LogP contribution in [-0.4, -0.2) is 20.4 Å². The Morgan fingerprint density at radius 3 is 3.06 bits per heavy atom. The Morgan fingerprint density at radius 1 is 1.35 bits per heavy atom. The predicted molar refractivity (Wildman–Crippen MR) is 69.4 cm³/mol. The van der Waals surface area contributed by atoms with Crippen molar-refractivity contribution in [1.29, 1.82) is 0 Å². The van der Waals surface area contributed by atoms with Crippen LogP contribution in [0.25, 0.3) is 0 Å². The minimum Gasteiger partial charge on any atom is -0.454 e. The van der Waals surface area contributed by atoms with Gasteiger partial charge in [0, 0.05) is 12.1 Å². The zero-order chi connectivity index (χ0) is 11.0. The highest BCUT2D eigenvalue weighted by Gasteiger charge is 2.27. The number of ether oxygens (including phenoxy) is 2. The molecule has 1 aromatic rings. The second-order valence-corrected chi connectivity index (χ2v) is 4.51. The maximum absolute atomic E-state index is 5.58. The van der Waals surface area contributed by atoms with Gasteiger partial charge in [-0.2, -0.15) is 0 Å². The van der Waals surface area contributed by atoms with E-state index in [-0.39, 0.29) is 12.4 Å². The Morgan fingerprint density at radius 2 is 2.24 bits per heavy atom. The molecule has 0 bridgehead atoms. The smallest absolute Gasteiger partial charge is 0.231 e. The van der Waals surface area contributed by atoms with Crippen molar-refractivity contribution in [1.82, 2.24) is 5.32 Å². The summed E-state index contributed by atoms with van der Waals surface area (Å²) in [6, 6.07) is 4.26. The van der Waals surface area contributed by atoms with Crippen molar-refractivity contribution in [2.45, 2.75) is 25.2 Å². The first-order chi connectivity index (χ1) is 7.90. The third-order valence-electron chi connectivity index (χ3n) is 3.55.